The number of ketones is 1. The molecule has 160 valence electrons. The zero-order valence-corrected chi connectivity index (χ0v) is 18.2. The summed E-state index contributed by atoms with van der Waals surface area (Å²) in [5, 5.41) is 9.58. The summed E-state index contributed by atoms with van der Waals surface area (Å²) >= 11 is 1.49. The molecular weight excluding hydrogens is 398 g/mol. The highest BCUT2D eigenvalue weighted by Crippen LogP contribution is 2.31. The Hall–Kier alpha value is -2.29. The summed E-state index contributed by atoms with van der Waals surface area (Å²) in [6, 6.07) is 5.23. The third-order valence-corrected chi connectivity index (χ3v) is 6.68. The highest BCUT2D eigenvalue weighted by molar-refractivity contribution is 7.15. The van der Waals surface area contributed by atoms with Crippen molar-refractivity contribution in [2.24, 2.45) is 5.92 Å². The molecule has 2 fully saturated rings. The standard InChI is InChI=1S/C22H29N5O2S/c1-15-6-7-19(18(12-15)20(28)16-4-2-3-5-16)25-21(29)26-22-24-13-17(30-22)14-27-10-8-23-9-11-27/h6-7,12-13,16,23H,2-5,8-11,14H2,1H3,(H2,24,25,26,29). The number of carbonyl (C=O) groups is 2. The summed E-state index contributed by atoms with van der Waals surface area (Å²) in [4.78, 5) is 33.4. The average Bonchev–Trinajstić information content (AvgIpc) is 3.42. The summed E-state index contributed by atoms with van der Waals surface area (Å²) in [5.74, 6) is 0.209. The lowest BCUT2D eigenvalue weighted by Crippen LogP contribution is -2.42. The van der Waals surface area contributed by atoms with Crippen molar-refractivity contribution in [1.82, 2.24) is 15.2 Å². The van der Waals surface area contributed by atoms with Crippen LogP contribution in [0.15, 0.2) is 24.4 Å². The fourth-order valence-electron chi connectivity index (χ4n) is 4.16. The first-order valence-electron chi connectivity index (χ1n) is 10.7. The van der Waals surface area contributed by atoms with E-state index in [0.29, 0.717) is 16.4 Å². The number of benzene rings is 1. The molecule has 7 nitrogen and oxygen atoms in total. The number of urea groups is 1. The van der Waals surface area contributed by atoms with Crippen LogP contribution in [0.25, 0.3) is 0 Å². The van der Waals surface area contributed by atoms with Gasteiger partial charge in [-0.15, -0.1) is 11.3 Å². The molecule has 2 aromatic rings. The molecular formula is C22H29N5O2S. The largest absolute Gasteiger partial charge is 0.325 e. The second kappa shape index (κ2) is 9.68. The Balaban J connectivity index is 1.39. The number of nitrogens with one attached hydrogen (secondary N) is 3. The van der Waals surface area contributed by atoms with E-state index in [2.05, 4.69) is 25.8 Å². The molecule has 8 heteroatoms. The van der Waals surface area contributed by atoms with E-state index in [1.807, 2.05) is 31.3 Å². The third-order valence-electron chi connectivity index (χ3n) is 5.78. The Morgan fingerprint density at radius 3 is 2.73 bits per heavy atom. The van der Waals surface area contributed by atoms with Crippen molar-refractivity contribution >= 4 is 34.0 Å². The van der Waals surface area contributed by atoms with Gasteiger partial charge in [-0.3, -0.25) is 15.0 Å². The van der Waals surface area contributed by atoms with E-state index < -0.39 is 0 Å². The van der Waals surface area contributed by atoms with E-state index in [-0.39, 0.29) is 17.7 Å². The number of Topliss-reactive ketones (excluding diaryl/α,β-unsaturated/α-hetero) is 1. The minimum atomic E-state index is -0.373. The number of nitrogens with zero attached hydrogens (tertiary/aromatic N) is 2. The molecule has 0 unspecified atom stereocenters. The highest BCUT2D eigenvalue weighted by Gasteiger charge is 2.26. The first-order chi connectivity index (χ1) is 14.6. The Labute approximate surface area is 181 Å². The summed E-state index contributed by atoms with van der Waals surface area (Å²) < 4.78 is 0. The van der Waals surface area contributed by atoms with Crippen molar-refractivity contribution in [2.45, 2.75) is 39.2 Å². The van der Waals surface area contributed by atoms with Gasteiger partial charge in [-0.2, -0.15) is 0 Å². The quantitative estimate of drug-likeness (QED) is 0.609. The molecule has 0 bridgehead atoms. The number of aryl methyl sites for hydroxylation is 1. The van der Waals surface area contributed by atoms with Gasteiger partial charge < -0.3 is 10.6 Å². The fraction of sp³-hybridized carbons (Fsp3) is 0.500. The van der Waals surface area contributed by atoms with Crippen LogP contribution >= 0.6 is 11.3 Å². The maximum atomic E-state index is 13.0. The van der Waals surface area contributed by atoms with Gasteiger partial charge in [0.1, 0.15) is 0 Å². The molecule has 2 amide bonds. The van der Waals surface area contributed by atoms with Gasteiger partial charge in [0, 0.05) is 55.3 Å². The van der Waals surface area contributed by atoms with Gasteiger partial charge >= 0.3 is 6.03 Å². The number of hydrogen-bond acceptors (Lipinski definition) is 6. The smallest absolute Gasteiger partial charge is 0.314 e. The lowest BCUT2D eigenvalue weighted by atomic mass is 9.94. The minimum Gasteiger partial charge on any atom is -0.314 e. The Kier molecular flexibility index (Phi) is 6.76. The van der Waals surface area contributed by atoms with E-state index in [0.717, 1.165) is 68.8 Å². The van der Waals surface area contributed by atoms with Crippen LogP contribution in [0, 0.1) is 12.8 Å². The van der Waals surface area contributed by atoms with E-state index in [1.54, 1.807) is 0 Å². The van der Waals surface area contributed by atoms with Gasteiger partial charge in [0.25, 0.3) is 0 Å². The normalized spacial score (nSPS) is 17.8. The molecule has 3 N–H and O–H groups in total. The topological polar surface area (TPSA) is 86.4 Å². The number of thiazole rings is 1. The van der Waals surface area contributed by atoms with Gasteiger partial charge in [0.05, 0.1) is 5.69 Å². The molecule has 1 aromatic heterocycles. The van der Waals surface area contributed by atoms with Gasteiger partial charge in [0.2, 0.25) is 0 Å². The zero-order valence-electron chi connectivity index (χ0n) is 17.4. The first-order valence-corrected chi connectivity index (χ1v) is 11.5. The molecule has 0 spiro atoms. The number of amides is 2. The molecule has 4 rings (SSSR count). The third kappa shape index (κ3) is 5.24. The molecule has 1 aliphatic heterocycles. The summed E-state index contributed by atoms with van der Waals surface area (Å²) in [5.41, 5.74) is 2.18. The Bertz CT molecular complexity index is 901. The van der Waals surface area contributed by atoms with Crippen LogP contribution in [0.1, 0.15) is 46.5 Å². The predicted octanol–water partition coefficient (Wildman–Crippen LogP) is 3.87. The fourth-order valence-corrected chi connectivity index (χ4v) is 5.01. The summed E-state index contributed by atoms with van der Waals surface area (Å²) in [6.07, 6.45) is 5.90. The minimum absolute atomic E-state index is 0.0712. The van der Waals surface area contributed by atoms with Gasteiger partial charge in [-0.05, 0) is 31.9 Å². The molecule has 1 aromatic carbocycles. The van der Waals surface area contributed by atoms with Gasteiger partial charge in [-0.1, -0.05) is 24.5 Å². The first kappa shape index (κ1) is 21.0. The second-order valence-electron chi connectivity index (χ2n) is 8.13. The van der Waals surface area contributed by atoms with Crippen LogP contribution in [-0.2, 0) is 6.54 Å². The summed E-state index contributed by atoms with van der Waals surface area (Å²) in [6.45, 7) is 6.86. The molecule has 1 aliphatic carbocycles. The van der Waals surface area contributed by atoms with Crippen molar-refractivity contribution in [3.63, 3.8) is 0 Å². The number of aromatic nitrogens is 1. The van der Waals surface area contributed by atoms with Crippen molar-refractivity contribution < 1.29 is 9.59 Å². The predicted molar refractivity (Wildman–Crippen MR) is 120 cm³/mol. The monoisotopic (exact) mass is 427 g/mol. The average molecular weight is 428 g/mol. The number of rotatable bonds is 6. The molecule has 2 heterocycles. The van der Waals surface area contributed by atoms with E-state index in [9.17, 15) is 9.59 Å². The second-order valence-corrected chi connectivity index (χ2v) is 9.25. The van der Waals surface area contributed by atoms with Gasteiger partial charge in [0.15, 0.2) is 10.9 Å². The van der Waals surface area contributed by atoms with E-state index in [4.69, 9.17) is 0 Å². The lowest BCUT2D eigenvalue weighted by Gasteiger charge is -2.26. The molecule has 2 aliphatic rings. The van der Waals surface area contributed by atoms with Crippen LogP contribution in [0.2, 0.25) is 0 Å². The SMILES string of the molecule is Cc1ccc(NC(=O)Nc2ncc(CN3CCNCC3)s2)c(C(=O)C2CCCC2)c1. The number of carbonyl (C=O) groups excluding carboxylic acids is 2. The molecule has 0 atom stereocenters. The molecule has 1 saturated carbocycles. The summed E-state index contributed by atoms with van der Waals surface area (Å²) in [7, 11) is 0. The number of hydrogen-bond donors (Lipinski definition) is 3. The van der Waals surface area contributed by atoms with Crippen LogP contribution in [0.4, 0.5) is 15.6 Å². The van der Waals surface area contributed by atoms with Crippen LogP contribution in [0.3, 0.4) is 0 Å². The van der Waals surface area contributed by atoms with Crippen molar-refractivity contribution in [1.29, 1.82) is 0 Å². The van der Waals surface area contributed by atoms with Crippen molar-refractivity contribution in [3.8, 4) is 0 Å². The van der Waals surface area contributed by atoms with Crippen LogP contribution in [0.5, 0.6) is 0 Å². The highest BCUT2D eigenvalue weighted by atomic mass is 32.1. The van der Waals surface area contributed by atoms with Crippen LogP contribution in [-0.4, -0.2) is 47.9 Å². The zero-order chi connectivity index (χ0) is 20.9. The maximum absolute atomic E-state index is 13.0. The maximum Gasteiger partial charge on any atom is 0.325 e. The van der Waals surface area contributed by atoms with Crippen molar-refractivity contribution in [3.05, 3.63) is 40.4 Å². The molecule has 30 heavy (non-hydrogen) atoms. The number of anilines is 2. The van der Waals surface area contributed by atoms with E-state index >= 15 is 0 Å². The lowest BCUT2D eigenvalue weighted by molar-refractivity contribution is 0.0923. The molecule has 1 saturated heterocycles. The Morgan fingerprint density at radius 2 is 1.97 bits per heavy atom. The number of piperazine rings is 1. The Morgan fingerprint density at radius 1 is 1.20 bits per heavy atom. The van der Waals surface area contributed by atoms with Crippen molar-refractivity contribution in [2.75, 3.05) is 36.8 Å². The molecule has 0 radical (unpaired) electrons. The van der Waals surface area contributed by atoms with Crippen LogP contribution < -0.4 is 16.0 Å². The van der Waals surface area contributed by atoms with Gasteiger partial charge in [-0.25, -0.2) is 9.78 Å². The van der Waals surface area contributed by atoms with E-state index in [1.165, 1.54) is 11.3 Å².